The summed E-state index contributed by atoms with van der Waals surface area (Å²) in [6.07, 6.45) is 1.98. The van der Waals surface area contributed by atoms with Crippen molar-refractivity contribution < 1.29 is 14.3 Å². The van der Waals surface area contributed by atoms with Crippen LogP contribution in [0.25, 0.3) is 0 Å². The van der Waals surface area contributed by atoms with E-state index in [-0.39, 0.29) is 17.9 Å². The van der Waals surface area contributed by atoms with E-state index >= 15 is 0 Å². The number of hydrogen-bond acceptors (Lipinski definition) is 3. The Kier molecular flexibility index (Phi) is 7.11. The maximum atomic E-state index is 12.6. The number of urea groups is 1. The molecule has 2 aromatic rings. The number of carbonyl (C=O) groups is 2. The largest absolute Gasteiger partial charge is 0.494 e. The van der Waals surface area contributed by atoms with Crippen LogP contribution in [0.3, 0.4) is 0 Å². The number of piperidine rings is 1. The summed E-state index contributed by atoms with van der Waals surface area (Å²) < 4.78 is 5.44. The molecule has 1 fully saturated rings. The topological polar surface area (TPSA) is 70.7 Å². The summed E-state index contributed by atoms with van der Waals surface area (Å²) in [5.41, 5.74) is 2.77. The van der Waals surface area contributed by atoms with Crippen LogP contribution in [0.2, 0.25) is 0 Å². The first kappa shape index (κ1) is 20.7. The summed E-state index contributed by atoms with van der Waals surface area (Å²) in [7, 11) is 1.65. The zero-order valence-electron chi connectivity index (χ0n) is 17.1. The Morgan fingerprint density at radius 3 is 2.69 bits per heavy atom. The van der Waals surface area contributed by atoms with Gasteiger partial charge in [-0.2, -0.15) is 0 Å². The number of nitrogens with zero attached hydrogens (tertiary/aromatic N) is 1. The Bertz CT molecular complexity index is 836. The number of ether oxygens (including phenoxy) is 1. The molecule has 3 rings (SSSR count). The first-order valence-electron chi connectivity index (χ1n) is 10.2. The smallest absolute Gasteiger partial charge is 0.317 e. The fraction of sp³-hybridized carbons (Fsp3) is 0.391. The van der Waals surface area contributed by atoms with E-state index in [1.807, 2.05) is 60.4 Å². The zero-order chi connectivity index (χ0) is 20.6. The average molecular weight is 396 g/mol. The molecule has 0 unspecified atom stereocenters. The Morgan fingerprint density at radius 2 is 1.97 bits per heavy atom. The van der Waals surface area contributed by atoms with Crippen LogP contribution < -0.4 is 15.4 Å². The molecule has 2 aromatic carbocycles. The molecule has 6 nitrogen and oxygen atoms in total. The van der Waals surface area contributed by atoms with Crippen molar-refractivity contribution in [2.24, 2.45) is 0 Å². The molecule has 154 valence electrons. The van der Waals surface area contributed by atoms with Gasteiger partial charge in [-0.3, -0.25) is 4.79 Å². The van der Waals surface area contributed by atoms with Gasteiger partial charge in [0.1, 0.15) is 5.75 Å². The van der Waals surface area contributed by atoms with E-state index < -0.39 is 0 Å². The van der Waals surface area contributed by atoms with Crippen LogP contribution in [0, 0.1) is 0 Å². The van der Waals surface area contributed by atoms with Crippen LogP contribution >= 0.6 is 0 Å². The maximum absolute atomic E-state index is 12.6. The fourth-order valence-electron chi connectivity index (χ4n) is 3.68. The van der Waals surface area contributed by atoms with Crippen molar-refractivity contribution >= 4 is 11.9 Å². The molecule has 2 N–H and O–H groups in total. The molecule has 1 heterocycles. The second-order valence-electron chi connectivity index (χ2n) is 7.23. The second kappa shape index (κ2) is 9.96. The minimum atomic E-state index is -0.0975. The maximum Gasteiger partial charge on any atom is 0.317 e. The molecule has 0 aromatic heterocycles. The SMILES string of the molecule is CCOc1ccc(CNC(=O)c2cccc([C@@H]3CCCN(C(=O)NC)C3)c2)cc1. The third kappa shape index (κ3) is 5.50. The van der Waals surface area contributed by atoms with Gasteiger partial charge in [0, 0.05) is 38.2 Å². The van der Waals surface area contributed by atoms with Gasteiger partial charge in [-0.15, -0.1) is 0 Å². The third-order valence-corrected chi connectivity index (χ3v) is 5.23. The normalized spacial score (nSPS) is 16.2. The molecule has 1 atom stereocenters. The Labute approximate surface area is 172 Å². The lowest BCUT2D eigenvalue weighted by Crippen LogP contribution is -2.43. The molecule has 1 saturated heterocycles. The molecule has 0 bridgehead atoms. The Hall–Kier alpha value is -3.02. The number of carbonyl (C=O) groups excluding carboxylic acids is 2. The van der Waals surface area contributed by atoms with Gasteiger partial charge in [-0.05, 0) is 55.2 Å². The number of likely N-dealkylation sites (tertiary alicyclic amines) is 1. The molecule has 29 heavy (non-hydrogen) atoms. The third-order valence-electron chi connectivity index (χ3n) is 5.23. The minimum Gasteiger partial charge on any atom is -0.494 e. The monoisotopic (exact) mass is 395 g/mol. The highest BCUT2D eigenvalue weighted by Gasteiger charge is 2.24. The predicted octanol–water partition coefficient (Wildman–Crippen LogP) is 3.53. The van der Waals surface area contributed by atoms with Crippen LogP contribution in [-0.2, 0) is 6.54 Å². The highest BCUT2D eigenvalue weighted by molar-refractivity contribution is 5.94. The molecule has 0 spiro atoms. The summed E-state index contributed by atoms with van der Waals surface area (Å²) in [6, 6.07) is 15.4. The molecule has 3 amide bonds. The van der Waals surface area contributed by atoms with Crippen molar-refractivity contribution in [3.63, 3.8) is 0 Å². The second-order valence-corrected chi connectivity index (χ2v) is 7.23. The zero-order valence-corrected chi connectivity index (χ0v) is 17.1. The van der Waals surface area contributed by atoms with Crippen molar-refractivity contribution in [2.45, 2.75) is 32.2 Å². The quantitative estimate of drug-likeness (QED) is 0.786. The Morgan fingerprint density at radius 1 is 1.17 bits per heavy atom. The minimum absolute atomic E-state index is 0.0426. The highest BCUT2D eigenvalue weighted by Crippen LogP contribution is 2.27. The molecular formula is C23H29N3O3. The standard InChI is InChI=1S/C23H29N3O3/c1-3-29-21-11-9-17(10-12-21)15-25-22(27)19-7-4-6-18(14-19)20-8-5-13-26(16-20)23(28)24-2/h4,6-7,9-12,14,20H,3,5,8,13,15-16H2,1-2H3,(H,24,28)(H,25,27)/t20-/m1/s1. The molecule has 0 aliphatic carbocycles. The van der Waals surface area contributed by atoms with Gasteiger partial charge < -0.3 is 20.3 Å². The highest BCUT2D eigenvalue weighted by atomic mass is 16.5. The first-order chi connectivity index (χ1) is 14.1. The van der Waals surface area contributed by atoms with Crippen LogP contribution in [0.5, 0.6) is 5.75 Å². The fourth-order valence-corrected chi connectivity index (χ4v) is 3.68. The van der Waals surface area contributed by atoms with Crippen LogP contribution in [0.1, 0.15) is 47.2 Å². The van der Waals surface area contributed by atoms with Crippen molar-refractivity contribution in [2.75, 3.05) is 26.7 Å². The number of rotatable bonds is 6. The van der Waals surface area contributed by atoms with E-state index in [0.717, 1.165) is 36.3 Å². The van der Waals surface area contributed by atoms with Crippen molar-refractivity contribution in [3.05, 3.63) is 65.2 Å². The van der Waals surface area contributed by atoms with Crippen LogP contribution in [0.15, 0.2) is 48.5 Å². The summed E-state index contributed by atoms with van der Waals surface area (Å²) in [6.45, 7) is 4.50. The van der Waals surface area contributed by atoms with Crippen molar-refractivity contribution in [1.29, 1.82) is 0 Å². The molecule has 0 radical (unpaired) electrons. The molecule has 6 heteroatoms. The lowest BCUT2D eigenvalue weighted by molar-refractivity contribution is 0.0950. The van der Waals surface area contributed by atoms with Gasteiger partial charge in [0.2, 0.25) is 0 Å². The number of amides is 3. The van der Waals surface area contributed by atoms with Gasteiger partial charge in [-0.25, -0.2) is 4.79 Å². The van der Waals surface area contributed by atoms with E-state index in [1.165, 1.54) is 0 Å². The van der Waals surface area contributed by atoms with Gasteiger partial charge in [-0.1, -0.05) is 24.3 Å². The van der Waals surface area contributed by atoms with Crippen molar-refractivity contribution in [3.8, 4) is 5.75 Å². The van der Waals surface area contributed by atoms with E-state index in [2.05, 4.69) is 10.6 Å². The predicted molar refractivity (Wildman–Crippen MR) is 113 cm³/mol. The number of benzene rings is 2. The Balaban J connectivity index is 1.61. The molecular weight excluding hydrogens is 366 g/mol. The number of hydrogen-bond donors (Lipinski definition) is 2. The molecule has 1 aliphatic rings. The molecule has 0 saturated carbocycles. The van der Waals surface area contributed by atoms with E-state index in [1.54, 1.807) is 7.05 Å². The van der Waals surface area contributed by atoms with Gasteiger partial charge in [0.05, 0.1) is 6.61 Å². The van der Waals surface area contributed by atoms with E-state index in [4.69, 9.17) is 4.74 Å². The van der Waals surface area contributed by atoms with E-state index in [0.29, 0.717) is 25.3 Å². The summed E-state index contributed by atoms with van der Waals surface area (Å²) >= 11 is 0. The summed E-state index contributed by atoms with van der Waals surface area (Å²) in [5.74, 6) is 0.980. The first-order valence-corrected chi connectivity index (χ1v) is 10.2. The van der Waals surface area contributed by atoms with Crippen LogP contribution in [-0.4, -0.2) is 43.6 Å². The van der Waals surface area contributed by atoms with Gasteiger partial charge in [0.15, 0.2) is 0 Å². The van der Waals surface area contributed by atoms with Gasteiger partial charge in [0.25, 0.3) is 5.91 Å². The lowest BCUT2D eigenvalue weighted by atomic mass is 9.89. The summed E-state index contributed by atoms with van der Waals surface area (Å²) in [4.78, 5) is 26.4. The van der Waals surface area contributed by atoms with Crippen molar-refractivity contribution in [1.82, 2.24) is 15.5 Å². The lowest BCUT2D eigenvalue weighted by Gasteiger charge is -2.32. The van der Waals surface area contributed by atoms with E-state index in [9.17, 15) is 9.59 Å². The average Bonchev–Trinajstić information content (AvgIpc) is 2.78. The molecule has 1 aliphatic heterocycles. The van der Waals surface area contributed by atoms with Gasteiger partial charge >= 0.3 is 6.03 Å². The summed E-state index contributed by atoms with van der Waals surface area (Å²) in [5, 5.41) is 5.67. The number of nitrogens with one attached hydrogen (secondary N) is 2. The van der Waals surface area contributed by atoms with Crippen LogP contribution in [0.4, 0.5) is 4.79 Å².